The second-order valence-corrected chi connectivity index (χ2v) is 6.68. The van der Waals surface area contributed by atoms with Crippen LogP contribution in [0.2, 0.25) is 0 Å². The standard InChI is InChI=1S/C17H23N5O2S/c1-4-13-7-5-6-8-14(13)20-15(23)9-18-16(24)10-25-17-21-19-11-22(17)12(2)3/h5-8,11-12H,4,9-10H2,1-3H3,(H,18,24)(H,20,23). The third-order valence-corrected chi connectivity index (χ3v) is 4.50. The van der Waals surface area contributed by atoms with Crippen LogP contribution in [0.5, 0.6) is 0 Å². The smallest absolute Gasteiger partial charge is 0.243 e. The number of hydrogen-bond acceptors (Lipinski definition) is 5. The van der Waals surface area contributed by atoms with Crippen LogP contribution < -0.4 is 10.6 Å². The van der Waals surface area contributed by atoms with Crippen molar-refractivity contribution in [1.82, 2.24) is 20.1 Å². The molecule has 0 bridgehead atoms. The second kappa shape index (κ2) is 9.22. The van der Waals surface area contributed by atoms with E-state index in [1.807, 2.05) is 49.6 Å². The predicted octanol–water partition coefficient (Wildman–Crippen LogP) is 2.27. The molecule has 0 fully saturated rings. The molecule has 1 aromatic carbocycles. The van der Waals surface area contributed by atoms with E-state index in [-0.39, 0.29) is 30.2 Å². The number of aryl methyl sites for hydroxylation is 1. The number of benzene rings is 1. The molecule has 7 nitrogen and oxygen atoms in total. The first kappa shape index (κ1) is 19.0. The number of nitrogens with zero attached hydrogens (tertiary/aromatic N) is 3. The van der Waals surface area contributed by atoms with Gasteiger partial charge in [0.05, 0.1) is 12.3 Å². The number of anilines is 1. The summed E-state index contributed by atoms with van der Waals surface area (Å²) < 4.78 is 1.90. The van der Waals surface area contributed by atoms with Gasteiger partial charge in [-0.3, -0.25) is 9.59 Å². The molecule has 2 rings (SSSR count). The number of para-hydroxylation sites is 1. The van der Waals surface area contributed by atoms with Crippen LogP contribution in [0.15, 0.2) is 35.7 Å². The zero-order valence-electron chi connectivity index (χ0n) is 14.7. The number of amides is 2. The zero-order chi connectivity index (χ0) is 18.2. The van der Waals surface area contributed by atoms with Gasteiger partial charge in [0.2, 0.25) is 11.8 Å². The van der Waals surface area contributed by atoms with E-state index in [4.69, 9.17) is 0 Å². The number of carbonyl (C=O) groups is 2. The maximum absolute atomic E-state index is 12.0. The van der Waals surface area contributed by atoms with Gasteiger partial charge in [0.1, 0.15) is 6.33 Å². The van der Waals surface area contributed by atoms with Crippen molar-refractivity contribution in [3.05, 3.63) is 36.2 Å². The molecular formula is C17H23N5O2S. The van der Waals surface area contributed by atoms with Crippen LogP contribution in [0.4, 0.5) is 5.69 Å². The fraction of sp³-hybridized carbons (Fsp3) is 0.412. The van der Waals surface area contributed by atoms with Crippen molar-refractivity contribution < 1.29 is 9.59 Å². The Morgan fingerprint density at radius 2 is 2.00 bits per heavy atom. The lowest BCUT2D eigenvalue weighted by molar-refractivity contribution is -0.122. The molecule has 8 heteroatoms. The molecule has 2 N–H and O–H groups in total. The molecular weight excluding hydrogens is 338 g/mol. The number of nitrogens with one attached hydrogen (secondary N) is 2. The van der Waals surface area contributed by atoms with Gasteiger partial charge in [-0.25, -0.2) is 0 Å². The Balaban J connectivity index is 1.77. The summed E-state index contributed by atoms with van der Waals surface area (Å²) in [5.74, 6) is -0.281. The minimum atomic E-state index is -0.246. The number of carbonyl (C=O) groups excluding carboxylic acids is 2. The van der Waals surface area contributed by atoms with E-state index in [0.717, 1.165) is 17.7 Å². The highest BCUT2D eigenvalue weighted by Gasteiger charge is 2.12. The molecule has 0 aliphatic carbocycles. The van der Waals surface area contributed by atoms with Crippen molar-refractivity contribution in [3.8, 4) is 0 Å². The molecule has 2 amide bonds. The van der Waals surface area contributed by atoms with Crippen molar-refractivity contribution in [1.29, 1.82) is 0 Å². The Morgan fingerprint density at radius 3 is 2.72 bits per heavy atom. The molecule has 0 aliphatic rings. The lowest BCUT2D eigenvalue weighted by Gasteiger charge is -2.11. The van der Waals surface area contributed by atoms with E-state index in [0.29, 0.717) is 5.16 Å². The van der Waals surface area contributed by atoms with E-state index in [2.05, 4.69) is 20.8 Å². The molecule has 0 aliphatic heterocycles. The first-order valence-corrected chi connectivity index (χ1v) is 9.16. The Kier molecular flexibility index (Phi) is 7.00. The summed E-state index contributed by atoms with van der Waals surface area (Å²) in [5, 5.41) is 14.0. The van der Waals surface area contributed by atoms with Crippen molar-refractivity contribution in [2.24, 2.45) is 0 Å². The molecule has 0 spiro atoms. The van der Waals surface area contributed by atoms with Crippen molar-refractivity contribution in [2.45, 2.75) is 38.4 Å². The third-order valence-electron chi connectivity index (χ3n) is 3.55. The maximum Gasteiger partial charge on any atom is 0.243 e. The lowest BCUT2D eigenvalue weighted by Crippen LogP contribution is -2.34. The molecule has 1 aromatic heterocycles. The summed E-state index contributed by atoms with van der Waals surface area (Å²) in [6, 6.07) is 7.85. The van der Waals surface area contributed by atoms with Gasteiger partial charge in [-0.1, -0.05) is 36.9 Å². The van der Waals surface area contributed by atoms with Gasteiger partial charge in [0.25, 0.3) is 0 Å². The van der Waals surface area contributed by atoms with E-state index in [1.165, 1.54) is 11.8 Å². The number of hydrogen-bond donors (Lipinski definition) is 2. The van der Waals surface area contributed by atoms with E-state index < -0.39 is 0 Å². The summed E-state index contributed by atoms with van der Waals surface area (Å²) in [6.45, 7) is 6.01. The molecule has 0 atom stereocenters. The van der Waals surface area contributed by atoms with Gasteiger partial charge in [-0.05, 0) is 31.9 Å². The zero-order valence-corrected chi connectivity index (χ0v) is 15.5. The molecule has 134 valence electrons. The molecule has 2 aromatic rings. The predicted molar refractivity (Wildman–Crippen MR) is 98.6 cm³/mol. The van der Waals surface area contributed by atoms with E-state index >= 15 is 0 Å². The monoisotopic (exact) mass is 361 g/mol. The highest BCUT2D eigenvalue weighted by molar-refractivity contribution is 7.99. The quantitative estimate of drug-likeness (QED) is 0.704. The van der Waals surface area contributed by atoms with Crippen LogP contribution in [-0.4, -0.2) is 38.9 Å². The Bertz CT molecular complexity index is 729. The van der Waals surface area contributed by atoms with E-state index in [9.17, 15) is 9.59 Å². The van der Waals surface area contributed by atoms with Gasteiger partial charge < -0.3 is 15.2 Å². The topological polar surface area (TPSA) is 88.9 Å². The van der Waals surface area contributed by atoms with Crippen molar-refractivity contribution >= 4 is 29.3 Å². The second-order valence-electron chi connectivity index (χ2n) is 5.74. The molecule has 25 heavy (non-hydrogen) atoms. The SMILES string of the molecule is CCc1ccccc1NC(=O)CNC(=O)CSc1nncn1C(C)C. The minimum absolute atomic E-state index is 0.0612. The fourth-order valence-electron chi connectivity index (χ4n) is 2.19. The highest BCUT2D eigenvalue weighted by Crippen LogP contribution is 2.18. The third kappa shape index (κ3) is 5.60. The average molecular weight is 361 g/mol. The van der Waals surface area contributed by atoms with Gasteiger partial charge in [0.15, 0.2) is 5.16 Å². The van der Waals surface area contributed by atoms with Crippen molar-refractivity contribution in [2.75, 3.05) is 17.6 Å². The van der Waals surface area contributed by atoms with Gasteiger partial charge >= 0.3 is 0 Å². The van der Waals surface area contributed by atoms with Crippen LogP contribution in [0.3, 0.4) is 0 Å². The summed E-state index contributed by atoms with van der Waals surface area (Å²) in [4.78, 5) is 23.9. The first-order valence-electron chi connectivity index (χ1n) is 8.18. The lowest BCUT2D eigenvalue weighted by atomic mass is 10.1. The number of rotatable bonds is 8. The molecule has 0 saturated carbocycles. The first-order chi connectivity index (χ1) is 12.0. The maximum atomic E-state index is 12.0. The van der Waals surface area contributed by atoms with E-state index in [1.54, 1.807) is 6.33 Å². The summed E-state index contributed by atoms with van der Waals surface area (Å²) in [7, 11) is 0. The Morgan fingerprint density at radius 1 is 1.24 bits per heavy atom. The summed E-state index contributed by atoms with van der Waals surface area (Å²) in [6.07, 6.45) is 2.47. The van der Waals surface area contributed by atoms with Gasteiger partial charge in [0, 0.05) is 11.7 Å². The average Bonchev–Trinajstić information content (AvgIpc) is 3.07. The molecule has 0 radical (unpaired) electrons. The van der Waals surface area contributed by atoms with Crippen molar-refractivity contribution in [3.63, 3.8) is 0 Å². The summed E-state index contributed by atoms with van der Waals surface area (Å²) >= 11 is 1.30. The minimum Gasteiger partial charge on any atom is -0.346 e. The Hall–Kier alpha value is -2.35. The Labute approximate surface area is 151 Å². The van der Waals surface area contributed by atoms with Crippen LogP contribution in [-0.2, 0) is 16.0 Å². The molecule has 0 unspecified atom stereocenters. The fourth-order valence-corrected chi connectivity index (χ4v) is 3.07. The van der Waals surface area contributed by atoms with Gasteiger partial charge in [-0.15, -0.1) is 10.2 Å². The largest absolute Gasteiger partial charge is 0.346 e. The van der Waals surface area contributed by atoms with Gasteiger partial charge in [-0.2, -0.15) is 0 Å². The molecule has 0 saturated heterocycles. The number of thioether (sulfide) groups is 1. The molecule has 1 heterocycles. The highest BCUT2D eigenvalue weighted by atomic mass is 32.2. The normalized spacial score (nSPS) is 10.7. The summed E-state index contributed by atoms with van der Waals surface area (Å²) in [5.41, 5.74) is 1.84. The number of aromatic nitrogens is 3. The van der Waals surface area contributed by atoms with Crippen LogP contribution in [0.25, 0.3) is 0 Å². The van der Waals surface area contributed by atoms with Crippen LogP contribution >= 0.6 is 11.8 Å². The van der Waals surface area contributed by atoms with Crippen LogP contribution in [0, 0.1) is 0 Å². The van der Waals surface area contributed by atoms with Crippen LogP contribution in [0.1, 0.15) is 32.4 Å².